The van der Waals surface area contributed by atoms with Gasteiger partial charge in [0.05, 0.1) is 5.69 Å². The maximum absolute atomic E-state index is 13.8. The Labute approximate surface area is 195 Å². The van der Waals surface area contributed by atoms with Crippen LogP contribution in [-0.4, -0.2) is 33.1 Å². The zero-order valence-corrected chi connectivity index (χ0v) is 18.6. The Morgan fingerprint density at radius 2 is 1.73 bits per heavy atom. The number of amides is 3. The van der Waals surface area contributed by atoms with E-state index in [1.165, 1.54) is 4.90 Å². The third kappa shape index (κ3) is 4.70. The molecular weight excluding hydrogens is 440 g/mol. The summed E-state index contributed by atoms with van der Waals surface area (Å²) in [6, 6.07) is 11.3. The van der Waals surface area contributed by atoms with Gasteiger partial charge in [0.15, 0.2) is 5.69 Å². The highest BCUT2D eigenvalue weighted by atomic mass is 32.1. The number of carbonyl (C=O) groups is 3. The van der Waals surface area contributed by atoms with E-state index in [9.17, 15) is 14.4 Å². The van der Waals surface area contributed by atoms with Crippen molar-refractivity contribution in [1.82, 2.24) is 14.7 Å². The molecule has 0 saturated heterocycles. The minimum Gasteiger partial charge on any atom is -0.395 e. The average Bonchev–Trinajstić information content (AvgIpc) is 3.47. The molecule has 2 aromatic heterocycles. The first kappa shape index (κ1) is 22.4. The van der Waals surface area contributed by atoms with E-state index in [2.05, 4.69) is 14.7 Å². The molecule has 0 aliphatic heterocycles. The van der Waals surface area contributed by atoms with Crippen LogP contribution in [0.15, 0.2) is 54.9 Å². The van der Waals surface area contributed by atoms with Crippen LogP contribution < -0.4 is 21.7 Å². The van der Waals surface area contributed by atoms with Crippen LogP contribution in [-0.2, 0) is 4.79 Å². The summed E-state index contributed by atoms with van der Waals surface area (Å²) in [7, 11) is 0. The smallest absolute Gasteiger partial charge is 0.273 e. The molecule has 10 heteroatoms. The Morgan fingerprint density at radius 1 is 1.06 bits per heavy atom. The molecule has 4 rings (SSSR count). The molecule has 3 aromatic rings. The number of nitrogens with zero attached hydrogens (tertiary/aromatic N) is 3. The number of aromatic nitrogens is 2. The Bertz CT molecular complexity index is 1150. The quantitative estimate of drug-likeness (QED) is 0.490. The lowest BCUT2D eigenvalue weighted by molar-refractivity contribution is -0.123. The molecule has 33 heavy (non-hydrogen) atoms. The number of para-hydroxylation sites is 1. The van der Waals surface area contributed by atoms with E-state index in [0.29, 0.717) is 11.3 Å². The van der Waals surface area contributed by atoms with E-state index in [1.54, 1.807) is 48.8 Å². The van der Waals surface area contributed by atoms with Crippen LogP contribution in [0.2, 0.25) is 0 Å². The summed E-state index contributed by atoms with van der Waals surface area (Å²) in [4.78, 5) is 44.6. The monoisotopic (exact) mass is 464 g/mol. The van der Waals surface area contributed by atoms with Crippen LogP contribution >= 0.6 is 11.5 Å². The number of primary amides is 1. The van der Waals surface area contributed by atoms with Crippen LogP contribution in [0.5, 0.6) is 0 Å². The van der Waals surface area contributed by atoms with Gasteiger partial charge in [-0.25, -0.2) is 0 Å². The molecule has 0 unspecified atom stereocenters. The van der Waals surface area contributed by atoms with E-state index < -0.39 is 17.9 Å². The highest BCUT2D eigenvalue weighted by Crippen LogP contribution is 2.33. The third-order valence-corrected chi connectivity index (χ3v) is 6.49. The molecule has 1 atom stereocenters. The van der Waals surface area contributed by atoms with E-state index in [4.69, 9.17) is 11.5 Å². The molecular formula is C23H24N6O3S. The second kappa shape index (κ2) is 9.78. The normalized spacial score (nSPS) is 14.5. The molecule has 1 fully saturated rings. The molecule has 1 aliphatic rings. The van der Waals surface area contributed by atoms with Crippen LogP contribution in [0.25, 0.3) is 0 Å². The highest BCUT2D eigenvalue weighted by Gasteiger charge is 2.36. The Kier molecular flexibility index (Phi) is 6.64. The lowest BCUT2D eigenvalue weighted by atomic mass is 10.0. The zero-order chi connectivity index (χ0) is 23.4. The molecule has 2 heterocycles. The highest BCUT2D eigenvalue weighted by molar-refractivity contribution is 7.09. The zero-order valence-electron chi connectivity index (χ0n) is 17.8. The van der Waals surface area contributed by atoms with Crippen LogP contribution in [0.4, 0.5) is 11.4 Å². The third-order valence-electron chi connectivity index (χ3n) is 5.64. The standard InChI is InChI=1S/C23H24N6O3S/c24-17-18(21(25)30)28-33-20(17)23(32)29(16-8-2-1-3-9-16)19(14-10-12-26-13-11-14)22(31)27-15-6-4-5-7-15/h1-3,8-13,15,19H,4-7,24H2,(H2,25,30)(H,27,31)/t19-/m1/s1. The lowest BCUT2D eigenvalue weighted by Crippen LogP contribution is -2.46. The number of nitrogens with one attached hydrogen (secondary N) is 1. The van der Waals surface area contributed by atoms with Gasteiger partial charge in [0.2, 0.25) is 5.91 Å². The molecule has 0 radical (unpaired) electrons. The minimum atomic E-state index is -0.984. The van der Waals surface area contributed by atoms with Crippen molar-refractivity contribution in [1.29, 1.82) is 0 Å². The van der Waals surface area contributed by atoms with Gasteiger partial charge in [0.1, 0.15) is 10.9 Å². The Balaban J connectivity index is 1.81. The van der Waals surface area contributed by atoms with Crippen molar-refractivity contribution in [3.8, 4) is 0 Å². The fourth-order valence-electron chi connectivity index (χ4n) is 4.02. The van der Waals surface area contributed by atoms with Crippen LogP contribution in [0, 0.1) is 0 Å². The predicted octanol–water partition coefficient (Wildman–Crippen LogP) is 2.67. The summed E-state index contributed by atoms with van der Waals surface area (Å²) in [5, 5.41) is 3.10. The average molecular weight is 465 g/mol. The van der Waals surface area contributed by atoms with Gasteiger partial charge in [-0.3, -0.25) is 24.3 Å². The fraction of sp³-hybridized carbons (Fsp3) is 0.261. The fourth-order valence-corrected chi connectivity index (χ4v) is 4.77. The summed E-state index contributed by atoms with van der Waals surface area (Å²) >= 11 is 0.782. The van der Waals surface area contributed by atoms with Gasteiger partial charge in [-0.05, 0) is 54.2 Å². The van der Waals surface area contributed by atoms with Crippen molar-refractivity contribution >= 4 is 40.6 Å². The van der Waals surface area contributed by atoms with Gasteiger partial charge < -0.3 is 16.8 Å². The molecule has 3 amide bonds. The lowest BCUT2D eigenvalue weighted by Gasteiger charge is -2.32. The molecule has 9 nitrogen and oxygen atoms in total. The van der Waals surface area contributed by atoms with Gasteiger partial charge in [-0.15, -0.1) is 0 Å². The van der Waals surface area contributed by atoms with Crippen LogP contribution in [0.1, 0.15) is 57.4 Å². The first-order valence-electron chi connectivity index (χ1n) is 10.6. The van der Waals surface area contributed by atoms with E-state index in [1.807, 2.05) is 6.07 Å². The number of anilines is 2. The Hall–Kier alpha value is -3.79. The minimum absolute atomic E-state index is 0.0420. The number of nitrogens with two attached hydrogens (primary N) is 2. The van der Waals surface area contributed by atoms with Gasteiger partial charge in [-0.1, -0.05) is 31.0 Å². The van der Waals surface area contributed by atoms with Crippen molar-refractivity contribution < 1.29 is 14.4 Å². The summed E-state index contributed by atoms with van der Waals surface area (Å²) in [5.74, 6) is -1.67. The van der Waals surface area contributed by atoms with Crippen molar-refractivity contribution in [3.05, 3.63) is 71.0 Å². The maximum Gasteiger partial charge on any atom is 0.273 e. The second-order valence-electron chi connectivity index (χ2n) is 7.82. The topological polar surface area (TPSA) is 144 Å². The van der Waals surface area contributed by atoms with Crippen molar-refractivity contribution in [2.75, 3.05) is 10.6 Å². The molecule has 170 valence electrons. The van der Waals surface area contributed by atoms with Gasteiger partial charge >= 0.3 is 0 Å². The molecule has 1 aliphatic carbocycles. The number of rotatable bonds is 7. The molecule has 1 aromatic carbocycles. The second-order valence-corrected chi connectivity index (χ2v) is 8.60. The molecule has 0 bridgehead atoms. The summed E-state index contributed by atoms with van der Waals surface area (Å²) in [6.45, 7) is 0. The first-order valence-corrected chi connectivity index (χ1v) is 11.4. The first-order chi connectivity index (χ1) is 16.0. The Morgan fingerprint density at radius 3 is 2.33 bits per heavy atom. The van der Waals surface area contributed by atoms with Crippen molar-refractivity contribution in [2.24, 2.45) is 5.73 Å². The van der Waals surface area contributed by atoms with Crippen molar-refractivity contribution in [3.63, 3.8) is 0 Å². The molecule has 0 spiro atoms. The van der Waals surface area contributed by atoms with E-state index in [-0.39, 0.29) is 28.2 Å². The predicted molar refractivity (Wildman–Crippen MR) is 126 cm³/mol. The maximum atomic E-state index is 13.8. The van der Waals surface area contributed by atoms with Crippen LogP contribution in [0.3, 0.4) is 0 Å². The number of benzene rings is 1. The van der Waals surface area contributed by atoms with Crippen molar-refractivity contribution in [2.45, 2.75) is 37.8 Å². The number of hydrogen-bond acceptors (Lipinski definition) is 7. The van der Waals surface area contributed by atoms with Gasteiger partial charge in [0, 0.05) is 24.1 Å². The van der Waals surface area contributed by atoms with E-state index >= 15 is 0 Å². The number of carbonyl (C=O) groups excluding carboxylic acids is 3. The number of nitrogen functional groups attached to an aromatic ring is 1. The van der Waals surface area contributed by atoms with Gasteiger partial charge in [-0.2, -0.15) is 4.37 Å². The van der Waals surface area contributed by atoms with Gasteiger partial charge in [0.25, 0.3) is 11.8 Å². The molecule has 5 N–H and O–H groups in total. The SMILES string of the molecule is NC(=O)c1nsc(C(=O)N(c2ccccc2)[C@@H](C(=O)NC2CCCC2)c2ccncc2)c1N. The number of pyridine rings is 1. The number of hydrogen-bond donors (Lipinski definition) is 3. The summed E-state index contributed by atoms with van der Waals surface area (Å²) in [5.41, 5.74) is 12.2. The largest absolute Gasteiger partial charge is 0.395 e. The molecule has 1 saturated carbocycles. The summed E-state index contributed by atoms with van der Waals surface area (Å²) < 4.78 is 3.96. The van der Waals surface area contributed by atoms with E-state index in [0.717, 1.165) is 37.2 Å². The summed E-state index contributed by atoms with van der Waals surface area (Å²) in [6.07, 6.45) is 7.06.